The largest absolute Gasteiger partial charge is 0.481 e. The van der Waals surface area contributed by atoms with Crippen LogP contribution in [0.5, 0.6) is 5.88 Å². The summed E-state index contributed by atoms with van der Waals surface area (Å²) in [4.78, 5) is 28.5. The summed E-state index contributed by atoms with van der Waals surface area (Å²) in [7, 11) is 3.00. The number of amides is 1. The number of aryl methyl sites for hydroxylation is 1. The van der Waals surface area contributed by atoms with E-state index in [9.17, 15) is 9.59 Å². The van der Waals surface area contributed by atoms with E-state index in [1.807, 2.05) is 0 Å². The van der Waals surface area contributed by atoms with Crippen molar-refractivity contribution in [1.29, 1.82) is 0 Å². The topological polar surface area (TPSA) is 79.7 Å². The Morgan fingerprint density at radius 2 is 2.11 bits per heavy atom. The van der Waals surface area contributed by atoms with Crippen LogP contribution in [0.3, 0.4) is 0 Å². The van der Waals surface area contributed by atoms with Crippen molar-refractivity contribution in [3.05, 3.63) is 23.4 Å². The van der Waals surface area contributed by atoms with Crippen LogP contribution in [0.1, 0.15) is 23.0 Å². The lowest BCUT2D eigenvalue weighted by Crippen LogP contribution is -2.34. The fraction of sp³-hybridized carbons (Fsp3) is 0.462. The van der Waals surface area contributed by atoms with Gasteiger partial charge in [-0.2, -0.15) is 0 Å². The zero-order chi connectivity index (χ0) is 14.6. The summed E-state index contributed by atoms with van der Waals surface area (Å²) >= 11 is 0. The van der Waals surface area contributed by atoms with Gasteiger partial charge in [0.25, 0.3) is 5.91 Å². The van der Waals surface area contributed by atoms with Gasteiger partial charge >= 0.3 is 5.97 Å². The molecule has 19 heavy (non-hydrogen) atoms. The molecular weight excluding hydrogens is 248 g/mol. The number of nitrogens with zero attached hydrogens (tertiary/aromatic N) is 2. The van der Waals surface area contributed by atoms with E-state index < -0.39 is 11.9 Å². The molecule has 0 radical (unpaired) electrons. The molecule has 0 fully saturated rings. The fourth-order valence-corrected chi connectivity index (χ4v) is 1.63. The molecule has 0 aromatic carbocycles. The molecule has 1 aromatic heterocycles. The van der Waals surface area contributed by atoms with Crippen molar-refractivity contribution in [1.82, 2.24) is 9.88 Å². The van der Waals surface area contributed by atoms with Gasteiger partial charge in [-0.1, -0.05) is 6.92 Å². The fourth-order valence-electron chi connectivity index (χ4n) is 1.63. The molecule has 1 N–H and O–H groups in total. The van der Waals surface area contributed by atoms with Gasteiger partial charge in [0.2, 0.25) is 5.88 Å². The van der Waals surface area contributed by atoms with Crippen LogP contribution in [0.4, 0.5) is 0 Å². The summed E-state index contributed by atoms with van der Waals surface area (Å²) < 4.78 is 5.07. The highest BCUT2D eigenvalue weighted by atomic mass is 16.5. The van der Waals surface area contributed by atoms with Crippen molar-refractivity contribution >= 4 is 11.9 Å². The summed E-state index contributed by atoms with van der Waals surface area (Å²) in [5.74, 6) is -1.62. The number of methoxy groups -OCH3 is 1. The molecule has 0 spiro atoms. The van der Waals surface area contributed by atoms with E-state index in [0.29, 0.717) is 5.56 Å². The van der Waals surface area contributed by atoms with Crippen LogP contribution in [0.25, 0.3) is 0 Å². The minimum atomic E-state index is -0.936. The van der Waals surface area contributed by atoms with E-state index in [1.54, 1.807) is 33.0 Å². The highest BCUT2D eigenvalue weighted by Crippen LogP contribution is 2.18. The third kappa shape index (κ3) is 3.67. The smallest absolute Gasteiger partial charge is 0.308 e. The number of hydrogen-bond donors (Lipinski definition) is 1. The Bertz CT molecular complexity index is 488. The number of aromatic nitrogens is 1. The van der Waals surface area contributed by atoms with Gasteiger partial charge in [-0.25, -0.2) is 4.98 Å². The molecule has 1 amide bonds. The predicted octanol–water partition coefficient (Wildman–Crippen LogP) is 1.19. The number of carbonyl (C=O) groups excluding carboxylic acids is 1. The van der Waals surface area contributed by atoms with Gasteiger partial charge in [0, 0.05) is 19.3 Å². The van der Waals surface area contributed by atoms with E-state index in [-0.39, 0.29) is 18.3 Å². The number of aliphatic carboxylic acids is 1. The Hall–Kier alpha value is -2.11. The summed E-state index contributed by atoms with van der Waals surface area (Å²) in [6.45, 7) is 3.48. The lowest BCUT2D eigenvalue weighted by atomic mass is 10.1. The lowest BCUT2D eigenvalue weighted by Gasteiger charge is -2.20. The van der Waals surface area contributed by atoms with Crippen molar-refractivity contribution < 1.29 is 19.4 Å². The maximum Gasteiger partial charge on any atom is 0.308 e. The van der Waals surface area contributed by atoms with E-state index in [4.69, 9.17) is 9.84 Å². The minimum Gasteiger partial charge on any atom is -0.481 e. The zero-order valence-electron chi connectivity index (χ0n) is 11.5. The van der Waals surface area contributed by atoms with E-state index in [2.05, 4.69) is 4.98 Å². The first-order chi connectivity index (χ1) is 8.86. The van der Waals surface area contributed by atoms with Crippen LogP contribution < -0.4 is 4.74 Å². The number of rotatable bonds is 5. The van der Waals surface area contributed by atoms with Gasteiger partial charge in [-0.15, -0.1) is 0 Å². The molecule has 0 bridgehead atoms. The second-order valence-electron chi connectivity index (χ2n) is 4.43. The quantitative estimate of drug-likeness (QED) is 0.866. The summed E-state index contributed by atoms with van der Waals surface area (Å²) in [6, 6.07) is 3.34. The highest BCUT2D eigenvalue weighted by Gasteiger charge is 2.21. The Morgan fingerprint density at radius 3 is 2.63 bits per heavy atom. The average molecular weight is 266 g/mol. The van der Waals surface area contributed by atoms with Crippen LogP contribution in [0, 0.1) is 12.8 Å². The first-order valence-electron chi connectivity index (χ1n) is 5.86. The van der Waals surface area contributed by atoms with Crippen molar-refractivity contribution in [3.8, 4) is 5.88 Å². The molecular formula is C13H18N2O4. The summed E-state index contributed by atoms with van der Waals surface area (Å²) in [6.07, 6.45) is 0. The third-order valence-corrected chi connectivity index (χ3v) is 2.74. The summed E-state index contributed by atoms with van der Waals surface area (Å²) in [5, 5.41) is 8.85. The highest BCUT2D eigenvalue weighted by molar-refractivity contribution is 5.96. The van der Waals surface area contributed by atoms with Gasteiger partial charge in [0.05, 0.1) is 13.0 Å². The molecule has 0 saturated carbocycles. The minimum absolute atomic E-state index is 0.130. The molecule has 0 aliphatic rings. The van der Waals surface area contributed by atoms with Gasteiger partial charge in [-0.3, -0.25) is 9.59 Å². The molecule has 1 heterocycles. The Morgan fingerprint density at radius 1 is 1.47 bits per heavy atom. The second-order valence-corrected chi connectivity index (χ2v) is 4.43. The van der Waals surface area contributed by atoms with Crippen LogP contribution in [-0.4, -0.2) is 47.6 Å². The maximum absolute atomic E-state index is 12.2. The number of carboxylic acids is 1. The summed E-state index contributed by atoms with van der Waals surface area (Å²) in [5.41, 5.74) is 1.07. The molecule has 6 nitrogen and oxygen atoms in total. The predicted molar refractivity (Wildman–Crippen MR) is 69.3 cm³/mol. The number of ether oxygens (including phenoxy) is 1. The second kappa shape index (κ2) is 6.17. The Balaban J connectivity index is 2.91. The van der Waals surface area contributed by atoms with E-state index >= 15 is 0 Å². The molecule has 0 saturated heterocycles. The maximum atomic E-state index is 12.2. The molecule has 1 rings (SSSR count). The van der Waals surface area contributed by atoms with Crippen molar-refractivity contribution in [2.45, 2.75) is 13.8 Å². The van der Waals surface area contributed by atoms with Crippen molar-refractivity contribution in [3.63, 3.8) is 0 Å². The van der Waals surface area contributed by atoms with Gasteiger partial charge in [0.15, 0.2) is 0 Å². The van der Waals surface area contributed by atoms with Crippen molar-refractivity contribution in [2.24, 2.45) is 5.92 Å². The molecule has 104 valence electrons. The lowest BCUT2D eigenvalue weighted by molar-refractivity contribution is -0.141. The van der Waals surface area contributed by atoms with E-state index in [0.717, 1.165) is 5.69 Å². The molecule has 0 aliphatic heterocycles. The number of carboxylic acid groups (broad SMARTS) is 1. The number of pyridine rings is 1. The van der Waals surface area contributed by atoms with Crippen LogP contribution >= 0.6 is 0 Å². The van der Waals surface area contributed by atoms with Crippen LogP contribution in [-0.2, 0) is 4.79 Å². The standard InChI is InChI=1S/C13H18N2O4/c1-8(13(17)18)7-15(3)12(16)10-6-5-9(2)14-11(10)19-4/h5-6,8H,7H2,1-4H3,(H,17,18). The van der Waals surface area contributed by atoms with Crippen LogP contribution in [0.15, 0.2) is 12.1 Å². The van der Waals surface area contributed by atoms with Gasteiger partial charge in [-0.05, 0) is 19.1 Å². The number of hydrogen-bond acceptors (Lipinski definition) is 4. The van der Waals surface area contributed by atoms with Crippen molar-refractivity contribution in [2.75, 3.05) is 20.7 Å². The van der Waals surface area contributed by atoms with Crippen LogP contribution in [0.2, 0.25) is 0 Å². The molecule has 1 unspecified atom stereocenters. The normalized spacial score (nSPS) is 11.8. The number of carbonyl (C=O) groups is 2. The first-order valence-corrected chi connectivity index (χ1v) is 5.86. The third-order valence-electron chi connectivity index (χ3n) is 2.74. The zero-order valence-corrected chi connectivity index (χ0v) is 11.5. The SMILES string of the molecule is COc1nc(C)ccc1C(=O)N(C)CC(C)C(=O)O. The Labute approximate surface area is 112 Å². The van der Waals surface area contributed by atoms with E-state index in [1.165, 1.54) is 12.0 Å². The molecule has 1 atom stereocenters. The molecule has 6 heteroatoms. The van der Waals surface area contributed by atoms with Gasteiger partial charge < -0.3 is 14.7 Å². The molecule has 1 aromatic rings. The Kier molecular flexibility index (Phi) is 4.86. The van der Waals surface area contributed by atoms with Gasteiger partial charge in [0.1, 0.15) is 5.56 Å². The average Bonchev–Trinajstić information content (AvgIpc) is 2.37. The first kappa shape index (κ1) is 14.9. The monoisotopic (exact) mass is 266 g/mol. The molecule has 0 aliphatic carbocycles.